The van der Waals surface area contributed by atoms with Gasteiger partial charge in [-0.05, 0) is 60.9 Å². The van der Waals surface area contributed by atoms with Gasteiger partial charge in [-0.3, -0.25) is 4.79 Å². The molecule has 22 heavy (non-hydrogen) atoms. The van der Waals surface area contributed by atoms with E-state index in [-0.39, 0.29) is 11.9 Å². The van der Waals surface area contributed by atoms with E-state index in [1.54, 1.807) is 4.68 Å². The van der Waals surface area contributed by atoms with Gasteiger partial charge in [-0.25, -0.2) is 0 Å². The fourth-order valence-corrected chi connectivity index (χ4v) is 2.54. The number of rotatable bonds is 6. The molecule has 1 aromatic heterocycles. The summed E-state index contributed by atoms with van der Waals surface area (Å²) in [6.45, 7) is 8.14. The van der Waals surface area contributed by atoms with E-state index in [0.29, 0.717) is 10.9 Å². The third-order valence-corrected chi connectivity index (χ3v) is 4.45. The molecule has 7 heteroatoms. The van der Waals surface area contributed by atoms with Crippen molar-refractivity contribution in [2.45, 2.75) is 45.3 Å². The van der Waals surface area contributed by atoms with Crippen LogP contribution < -0.4 is 5.32 Å². The van der Waals surface area contributed by atoms with Crippen molar-refractivity contribution < 1.29 is 4.79 Å². The minimum atomic E-state index is -0.00557. The lowest BCUT2D eigenvalue weighted by Gasteiger charge is -2.11. The molecule has 0 saturated carbocycles. The van der Waals surface area contributed by atoms with Gasteiger partial charge >= 0.3 is 0 Å². The van der Waals surface area contributed by atoms with Crippen LogP contribution in [0, 0.1) is 13.8 Å². The summed E-state index contributed by atoms with van der Waals surface area (Å²) in [4.78, 5) is 11.8. The molecule has 1 N–H and O–H groups in total. The summed E-state index contributed by atoms with van der Waals surface area (Å²) in [6.07, 6.45) is 0.913. The van der Waals surface area contributed by atoms with Crippen LogP contribution in [-0.2, 0) is 4.79 Å². The molecule has 0 spiro atoms. The first-order valence-electron chi connectivity index (χ1n) is 7.29. The molecule has 1 aromatic carbocycles. The maximum Gasteiger partial charge on any atom is 0.230 e. The molecule has 0 fully saturated rings. The molecule has 0 radical (unpaired) electrons. The molecule has 1 amide bonds. The Bertz CT molecular complexity index is 655. The molecule has 6 nitrogen and oxygen atoms in total. The smallest absolute Gasteiger partial charge is 0.230 e. The summed E-state index contributed by atoms with van der Waals surface area (Å²) in [5.74, 6) is 0.296. The van der Waals surface area contributed by atoms with Gasteiger partial charge in [0.1, 0.15) is 0 Å². The standard InChI is InChI=1S/C15H21N5OS/c1-5-12(4)16-14(21)9-22-15-17-18-19-20(15)13-7-6-10(2)11(3)8-13/h6-8,12H,5,9H2,1-4H3,(H,16,21)/t12-/m1/s1. The van der Waals surface area contributed by atoms with Crippen molar-refractivity contribution in [3.63, 3.8) is 0 Å². The van der Waals surface area contributed by atoms with Crippen LogP contribution in [0.5, 0.6) is 0 Å². The molecule has 118 valence electrons. The lowest BCUT2D eigenvalue weighted by Crippen LogP contribution is -2.33. The topological polar surface area (TPSA) is 72.7 Å². The number of carbonyl (C=O) groups excluding carboxylic acids is 1. The minimum absolute atomic E-state index is 0.00557. The highest BCUT2D eigenvalue weighted by Crippen LogP contribution is 2.19. The number of carbonyl (C=O) groups is 1. The van der Waals surface area contributed by atoms with Crippen molar-refractivity contribution in [3.05, 3.63) is 29.3 Å². The SMILES string of the molecule is CC[C@@H](C)NC(=O)CSc1nnnn1-c1ccc(C)c(C)c1. The number of thioether (sulfide) groups is 1. The second kappa shape index (κ2) is 7.40. The lowest BCUT2D eigenvalue weighted by atomic mass is 10.1. The molecular formula is C15H21N5OS. The maximum atomic E-state index is 11.8. The quantitative estimate of drug-likeness (QED) is 0.827. The molecule has 1 atom stereocenters. The third kappa shape index (κ3) is 4.07. The van der Waals surface area contributed by atoms with Gasteiger partial charge in [0.2, 0.25) is 11.1 Å². The van der Waals surface area contributed by atoms with Crippen LogP contribution in [0.2, 0.25) is 0 Å². The van der Waals surface area contributed by atoms with Gasteiger partial charge in [-0.15, -0.1) is 5.10 Å². The molecule has 0 saturated heterocycles. The van der Waals surface area contributed by atoms with E-state index < -0.39 is 0 Å². The Morgan fingerprint density at radius 1 is 1.36 bits per heavy atom. The summed E-state index contributed by atoms with van der Waals surface area (Å²) >= 11 is 1.33. The summed E-state index contributed by atoms with van der Waals surface area (Å²) < 4.78 is 1.66. The Morgan fingerprint density at radius 2 is 2.14 bits per heavy atom. The van der Waals surface area contributed by atoms with Crippen molar-refractivity contribution in [3.8, 4) is 5.69 Å². The Labute approximate surface area is 134 Å². The Morgan fingerprint density at radius 3 is 2.82 bits per heavy atom. The first kappa shape index (κ1) is 16.5. The van der Waals surface area contributed by atoms with Crippen LogP contribution in [0.3, 0.4) is 0 Å². The Kier molecular flexibility index (Phi) is 5.54. The van der Waals surface area contributed by atoms with E-state index >= 15 is 0 Å². The molecule has 1 heterocycles. The predicted molar refractivity (Wildman–Crippen MR) is 87.2 cm³/mol. The number of nitrogens with zero attached hydrogens (tertiary/aromatic N) is 4. The largest absolute Gasteiger partial charge is 0.353 e. The third-order valence-electron chi connectivity index (χ3n) is 3.53. The number of tetrazole rings is 1. The minimum Gasteiger partial charge on any atom is -0.353 e. The summed E-state index contributed by atoms with van der Waals surface area (Å²) in [5.41, 5.74) is 3.30. The fraction of sp³-hybridized carbons (Fsp3) is 0.467. The first-order valence-corrected chi connectivity index (χ1v) is 8.28. The van der Waals surface area contributed by atoms with E-state index in [4.69, 9.17) is 0 Å². The maximum absolute atomic E-state index is 11.8. The van der Waals surface area contributed by atoms with Gasteiger partial charge in [0.25, 0.3) is 0 Å². The van der Waals surface area contributed by atoms with Crippen molar-refractivity contribution in [2.24, 2.45) is 0 Å². The van der Waals surface area contributed by atoms with Crippen molar-refractivity contribution in [1.29, 1.82) is 0 Å². The van der Waals surface area contributed by atoms with Gasteiger partial charge in [-0.1, -0.05) is 24.8 Å². The van der Waals surface area contributed by atoms with Crippen LogP contribution in [-0.4, -0.2) is 37.9 Å². The number of aryl methyl sites for hydroxylation is 2. The van der Waals surface area contributed by atoms with Crippen molar-refractivity contribution >= 4 is 17.7 Å². The number of aromatic nitrogens is 4. The number of benzene rings is 1. The molecule has 2 rings (SSSR count). The Hall–Kier alpha value is -1.89. The molecule has 0 aliphatic heterocycles. The van der Waals surface area contributed by atoms with Crippen LogP contribution >= 0.6 is 11.8 Å². The normalized spacial score (nSPS) is 12.2. The average Bonchev–Trinajstić information content (AvgIpc) is 2.96. The van der Waals surface area contributed by atoms with E-state index in [1.165, 1.54) is 22.9 Å². The number of hydrogen-bond acceptors (Lipinski definition) is 5. The molecule has 0 bridgehead atoms. The highest BCUT2D eigenvalue weighted by Gasteiger charge is 2.13. The second-order valence-corrected chi connectivity index (χ2v) is 6.25. The van der Waals surface area contributed by atoms with E-state index in [0.717, 1.165) is 12.1 Å². The van der Waals surface area contributed by atoms with E-state index in [1.807, 2.05) is 32.0 Å². The van der Waals surface area contributed by atoms with E-state index in [2.05, 4.69) is 34.7 Å². The summed E-state index contributed by atoms with van der Waals surface area (Å²) in [6, 6.07) is 6.23. The highest BCUT2D eigenvalue weighted by atomic mass is 32.2. The molecule has 0 aliphatic rings. The number of amides is 1. The highest BCUT2D eigenvalue weighted by molar-refractivity contribution is 7.99. The average molecular weight is 319 g/mol. The summed E-state index contributed by atoms with van der Waals surface area (Å²) in [5, 5.41) is 15.3. The zero-order valence-corrected chi connectivity index (χ0v) is 14.1. The number of nitrogens with one attached hydrogen (secondary N) is 1. The van der Waals surface area contributed by atoms with E-state index in [9.17, 15) is 4.79 Å². The van der Waals surface area contributed by atoms with Gasteiger partial charge in [0, 0.05) is 6.04 Å². The zero-order valence-electron chi connectivity index (χ0n) is 13.3. The van der Waals surface area contributed by atoms with Gasteiger partial charge in [0.05, 0.1) is 11.4 Å². The van der Waals surface area contributed by atoms with Crippen LogP contribution in [0.4, 0.5) is 0 Å². The van der Waals surface area contributed by atoms with Gasteiger partial charge in [0.15, 0.2) is 0 Å². The molecule has 0 aliphatic carbocycles. The van der Waals surface area contributed by atoms with Crippen molar-refractivity contribution in [1.82, 2.24) is 25.5 Å². The monoisotopic (exact) mass is 319 g/mol. The number of hydrogen-bond donors (Lipinski definition) is 1. The fourth-order valence-electron chi connectivity index (χ4n) is 1.84. The Balaban J connectivity index is 2.06. The van der Waals surface area contributed by atoms with Crippen molar-refractivity contribution in [2.75, 3.05) is 5.75 Å². The zero-order chi connectivity index (χ0) is 16.1. The van der Waals surface area contributed by atoms with Gasteiger partial charge < -0.3 is 5.32 Å². The second-order valence-electron chi connectivity index (χ2n) is 5.31. The van der Waals surface area contributed by atoms with Crippen LogP contribution in [0.15, 0.2) is 23.4 Å². The van der Waals surface area contributed by atoms with Gasteiger partial charge in [-0.2, -0.15) is 4.68 Å². The first-order chi connectivity index (χ1) is 10.5. The lowest BCUT2D eigenvalue weighted by molar-refractivity contribution is -0.119. The molecule has 2 aromatic rings. The van der Waals surface area contributed by atoms with Crippen LogP contribution in [0.25, 0.3) is 5.69 Å². The molecular weight excluding hydrogens is 298 g/mol. The summed E-state index contributed by atoms with van der Waals surface area (Å²) in [7, 11) is 0. The van der Waals surface area contributed by atoms with Crippen LogP contribution in [0.1, 0.15) is 31.4 Å². The predicted octanol–water partition coefficient (Wildman–Crippen LogP) is 2.29. The molecule has 0 unspecified atom stereocenters.